The maximum atomic E-state index is 11.2. The lowest BCUT2D eigenvalue weighted by molar-refractivity contribution is -0.139. The summed E-state index contributed by atoms with van der Waals surface area (Å²) in [5.74, 6) is -0.969. The first-order chi connectivity index (χ1) is 9.06. The zero-order chi connectivity index (χ0) is 14.3. The van der Waals surface area contributed by atoms with Gasteiger partial charge in [-0.2, -0.15) is 0 Å². The van der Waals surface area contributed by atoms with Gasteiger partial charge >= 0.3 is 5.97 Å². The number of aryl methyl sites for hydroxylation is 1. The van der Waals surface area contributed by atoms with Gasteiger partial charge in [0.05, 0.1) is 0 Å². The minimum atomic E-state index is -0.969. The van der Waals surface area contributed by atoms with E-state index in [2.05, 4.69) is 15.3 Å². The highest BCUT2D eigenvalue weighted by Crippen LogP contribution is 2.21. The van der Waals surface area contributed by atoms with Crippen molar-refractivity contribution in [1.82, 2.24) is 5.32 Å². The number of nitrogens with one attached hydrogen (secondary N) is 1. The Morgan fingerprint density at radius 2 is 2.37 bits per heavy atom. The third-order valence-corrected chi connectivity index (χ3v) is 3.03. The van der Waals surface area contributed by atoms with Gasteiger partial charge in [0, 0.05) is 16.5 Å². The van der Waals surface area contributed by atoms with E-state index in [1.54, 1.807) is 18.2 Å². The molecule has 0 fully saturated rings. The van der Waals surface area contributed by atoms with Crippen LogP contribution in [0.1, 0.15) is 23.6 Å². The van der Waals surface area contributed by atoms with Gasteiger partial charge in [-0.05, 0) is 42.6 Å². The largest absolute Gasteiger partial charge is 0.480 e. The van der Waals surface area contributed by atoms with E-state index in [-0.39, 0.29) is 0 Å². The first-order valence-corrected chi connectivity index (χ1v) is 6.17. The SMILES string of the molecule is Cc1ccc(C(NCCCN=[N+]=[N-])C(=O)O)cc1Cl. The number of hydrogen-bond acceptors (Lipinski definition) is 3. The van der Waals surface area contributed by atoms with E-state index in [1.807, 2.05) is 6.92 Å². The molecule has 0 aliphatic carbocycles. The summed E-state index contributed by atoms with van der Waals surface area (Å²) < 4.78 is 0. The number of aliphatic carboxylic acids is 1. The highest BCUT2D eigenvalue weighted by atomic mass is 35.5. The predicted molar refractivity (Wildman–Crippen MR) is 73.2 cm³/mol. The molecule has 0 aliphatic rings. The van der Waals surface area contributed by atoms with Crippen LogP contribution in [-0.4, -0.2) is 24.2 Å². The Hall–Kier alpha value is -1.75. The second kappa shape index (κ2) is 7.63. The second-order valence-electron chi connectivity index (χ2n) is 4.04. The first kappa shape index (κ1) is 15.3. The highest BCUT2D eigenvalue weighted by Gasteiger charge is 2.19. The summed E-state index contributed by atoms with van der Waals surface area (Å²) in [6.07, 6.45) is 0.577. The normalized spacial score (nSPS) is 11.7. The lowest BCUT2D eigenvalue weighted by Crippen LogP contribution is -2.29. The van der Waals surface area contributed by atoms with Gasteiger partial charge in [0.1, 0.15) is 6.04 Å². The molecule has 0 amide bonds. The van der Waals surface area contributed by atoms with E-state index in [0.717, 1.165) is 5.56 Å². The predicted octanol–water partition coefficient (Wildman–Crippen LogP) is 3.06. The molecule has 102 valence electrons. The van der Waals surface area contributed by atoms with Crippen LogP contribution in [0.3, 0.4) is 0 Å². The van der Waals surface area contributed by atoms with Crippen molar-refractivity contribution < 1.29 is 9.90 Å². The number of benzene rings is 1. The van der Waals surface area contributed by atoms with Crippen LogP contribution in [0.2, 0.25) is 5.02 Å². The summed E-state index contributed by atoms with van der Waals surface area (Å²) in [6, 6.07) is 4.36. The van der Waals surface area contributed by atoms with Crippen LogP contribution in [0.25, 0.3) is 10.4 Å². The zero-order valence-corrected chi connectivity index (χ0v) is 11.3. The van der Waals surface area contributed by atoms with Crippen molar-refractivity contribution in [2.75, 3.05) is 13.1 Å². The number of carboxylic acids is 1. The lowest BCUT2D eigenvalue weighted by atomic mass is 10.1. The number of azide groups is 1. The van der Waals surface area contributed by atoms with E-state index in [4.69, 9.17) is 17.1 Å². The minimum absolute atomic E-state index is 0.338. The van der Waals surface area contributed by atoms with Crippen LogP contribution in [0.4, 0.5) is 0 Å². The van der Waals surface area contributed by atoms with Crippen molar-refractivity contribution >= 4 is 17.6 Å². The molecule has 1 rings (SSSR count). The van der Waals surface area contributed by atoms with E-state index in [9.17, 15) is 9.90 Å². The molecule has 6 nitrogen and oxygen atoms in total. The third-order valence-electron chi connectivity index (χ3n) is 2.62. The van der Waals surface area contributed by atoms with Gasteiger partial charge in [0.2, 0.25) is 0 Å². The van der Waals surface area contributed by atoms with Crippen LogP contribution in [0, 0.1) is 6.92 Å². The summed E-state index contributed by atoms with van der Waals surface area (Å²) in [7, 11) is 0. The molecule has 0 aromatic heterocycles. The summed E-state index contributed by atoms with van der Waals surface area (Å²) in [4.78, 5) is 13.9. The number of halogens is 1. The van der Waals surface area contributed by atoms with Crippen molar-refractivity contribution in [1.29, 1.82) is 0 Å². The van der Waals surface area contributed by atoms with E-state index >= 15 is 0 Å². The molecule has 1 aromatic carbocycles. The average molecular weight is 283 g/mol. The van der Waals surface area contributed by atoms with Crippen molar-refractivity contribution in [2.45, 2.75) is 19.4 Å². The molecule has 0 radical (unpaired) electrons. The van der Waals surface area contributed by atoms with E-state index in [0.29, 0.717) is 30.1 Å². The third kappa shape index (κ3) is 4.79. The summed E-state index contributed by atoms with van der Waals surface area (Å²) in [5, 5.41) is 16.0. The average Bonchev–Trinajstić information content (AvgIpc) is 2.37. The second-order valence-corrected chi connectivity index (χ2v) is 4.45. The van der Waals surface area contributed by atoms with Crippen LogP contribution in [-0.2, 0) is 4.79 Å². The number of hydrogen-bond donors (Lipinski definition) is 2. The topological polar surface area (TPSA) is 98.1 Å². The standard InChI is InChI=1S/C12H15ClN4O2/c1-8-3-4-9(7-10(8)13)11(12(18)19)15-5-2-6-16-17-14/h3-4,7,11,15H,2,5-6H2,1H3,(H,18,19). The molecular formula is C12H15ClN4O2. The Morgan fingerprint density at radius 3 is 2.95 bits per heavy atom. The maximum Gasteiger partial charge on any atom is 0.325 e. The Bertz CT molecular complexity index is 501. The molecule has 0 spiro atoms. The van der Waals surface area contributed by atoms with Crippen LogP contribution in [0.15, 0.2) is 23.3 Å². The molecule has 0 heterocycles. The van der Waals surface area contributed by atoms with Crippen molar-refractivity contribution in [3.05, 3.63) is 44.8 Å². The Labute approximate surface area is 116 Å². The molecular weight excluding hydrogens is 268 g/mol. The Morgan fingerprint density at radius 1 is 1.63 bits per heavy atom. The fraction of sp³-hybridized carbons (Fsp3) is 0.417. The molecule has 1 atom stereocenters. The zero-order valence-electron chi connectivity index (χ0n) is 10.5. The summed E-state index contributed by atoms with van der Waals surface area (Å²) in [6.45, 7) is 2.64. The molecule has 7 heteroatoms. The molecule has 1 aromatic rings. The fourth-order valence-electron chi connectivity index (χ4n) is 1.58. The van der Waals surface area contributed by atoms with Gasteiger partial charge in [-0.15, -0.1) is 0 Å². The fourth-order valence-corrected chi connectivity index (χ4v) is 1.77. The highest BCUT2D eigenvalue weighted by molar-refractivity contribution is 6.31. The number of carboxylic acid groups (broad SMARTS) is 1. The number of carbonyl (C=O) groups is 1. The molecule has 2 N–H and O–H groups in total. The molecule has 0 bridgehead atoms. The molecule has 0 saturated heterocycles. The van der Waals surface area contributed by atoms with Gasteiger partial charge in [-0.3, -0.25) is 4.79 Å². The Kier molecular flexibility index (Phi) is 6.15. The quantitative estimate of drug-likeness (QED) is 0.348. The van der Waals surface area contributed by atoms with Crippen molar-refractivity contribution in [3.8, 4) is 0 Å². The molecule has 0 saturated carbocycles. The monoisotopic (exact) mass is 282 g/mol. The summed E-state index contributed by atoms with van der Waals surface area (Å²) >= 11 is 5.99. The number of nitrogens with zero attached hydrogens (tertiary/aromatic N) is 3. The van der Waals surface area contributed by atoms with Crippen molar-refractivity contribution in [3.63, 3.8) is 0 Å². The molecule has 19 heavy (non-hydrogen) atoms. The maximum absolute atomic E-state index is 11.2. The van der Waals surface area contributed by atoms with Gasteiger partial charge in [0.25, 0.3) is 0 Å². The van der Waals surface area contributed by atoms with Crippen LogP contribution in [0.5, 0.6) is 0 Å². The van der Waals surface area contributed by atoms with Crippen LogP contribution >= 0.6 is 11.6 Å². The smallest absolute Gasteiger partial charge is 0.325 e. The lowest BCUT2D eigenvalue weighted by Gasteiger charge is -2.15. The van der Waals surface area contributed by atoms with Gasteiger partial charge < -0.3 is 10.4 Å². The summed E-state index contributed by atoms with van der Waals surface area (Å²) in [5.41, 5.74) is 9.63. The van der Waals surface area contributed by atoms with E-state index < -0.39 is 12.0 Å². The van der Waals surface area contributed by atoms with Crippen LogP contribution < -0.4 is 5.32 Å². The number of rotatable bonds is 7. The molecule has 0 aliphatic heterocycles. The van der Waals surface area contributed by atoms with Gasteiger partial charge in [-0.1, -0.05) is 28.8 Å². The van der Waals surface area contributed by atoms with Gasteiger partial charge in [0.15, 0.2) is 0 Å². The molecule has 1 unspecified atom stereocenters. The van der Waals surface area contributed by atoms with E-state index in [1.165, 1.54) is 0 Å². The van der Waals surface area contributed by atoms with Crippen molar-refractivity contribution in [2.24, 2.45) is 5.11 Å². The minimum Gasteiger partial charge on any atom is -0.480 e. The Balaban J connectivity index is 2.69. The van der Waals surface area contributed by atoms with Gasteiger partial charge in [-0.25, -0.2) is 0 Å². The first-order valence-electron chi connectivity index (χ1n) is 5.79.